The average Bonchev–Trinajstić information content (AvgIpc) is 3.02. The van der Waals surface area contributed by atoms with Crippen molar-refractivity contribution >= 4 is 18.4 Å². The zero-order valence-electron chi connectivity index (χ0n) is 13.8. The van der Waals surface area contributed by atoms with Crippen LogP contribution in [0, 0.1) is 4.77 Å². The number of hydrogen-bond donors (Lipinski definition) is 1. The second-order valence-electron chi connectivity index (χ2n) is 4.97. The van der Waals surface area contributed by atoms with E-state index in [9.17, 15) is 0 Å². The van der Waals surface area contributed by atoms with Crippen LogP contribution in [0.15, 0.2) is 47.7 Å². The van der Waals surface area contributed by atoms with Crippen molar-refractivity contribution in [3.63, 3.8) is 0 Å². The quantitative estimate of drug-likeness (QED) is 0.542. The standard InChI is InChI=1S/C17H17N5O2S/c1-3-24-14-8-7-12(10-15(14)23-2)11-19-22-16(20-21-17(22)25)13-6-4-5-9-18-13/h4-11H,3H2,1-2H3,(H,21,25)/b19-11-. The maximum absolute atomic E-state index is 5.51. The van der Waals surface area contributed by atoms with Crippen LogP contribution >= 0.6 is 12.2 Å². The van der Waals surface area contributed by atoms with Crippen LogP contribution in [0.2, 0.25) is 0 Å². The Hall–Kier alpha value is -3.00. The summed E-state index contributed by atoms with van der Waals surface area (Å²) in [6, 6.07) is 11.1. The molecule has 7 nitrogen and oxygen atoms in total. The van der Waals surface area contributed by atoms with Gasteiger partial charge in [0.15, 0.2) is 11.5 Å². The van der Waals surface area contributed by atoms with Crippen LogP contribution in [0.3, 0.4) is 0 Å². The maximum atomic E-state index is 5.51. The predicted molar refractivity (Wildman–Crippen MR) is 97.8 cm³/mol. The highest BCUT2D eigenvalue weighted by molar-refractivity contribution is 7.71. The van der Waals surface area contributed by atoms with Gasteiger partial charge < -0.3 is 9.47 Å². The minimum Gasteiger partial charge on any atom is -0.493 e. The van der Waals surface area contributed by atoms with Crippen LogP contribution in [0.5, 0.6) is 11.5 Å². The molecule has 0 aliphatic rings. The third-order valence-corrected chi connectivity index (χ3v) is 3.62. The minimum atomic E-state index is 0.384. The third kappa shape index (κ3) is 3.74. The van der Waals surface area contributed by atoms with Gasteiger partial charge in [-0.3, -0.25) is 4.98 Å². The molecule has 0 spiro atoms. The van der Waals surface area contributed by atoms with Gasteiger partial charge in [-0.15, -0.1) is 0 Å². The molecule has 2 heterocycles. The Labute approximate surface area is 150 Å². The van der Waals surface area contributed by atoms with Crippen LogP contribution in [0.1, 0.15) is 12.5 Å². The number of pyridine rings is 1. The summed E-state index contributed by atoms with van der Waals surface area (Å²) in [5.41, 5.74) is 1.52. The second kappa shape index (κ2) is 7.71. The van der Waals surface area contributed by atoms with E-state index < -0.39 is 0 Å². The van der Waals surface area contributed by atoms with E-state index in [0.29, 0.717) is 34.4 Å². The molecule has 0 saturated carbocycles. The van der Waals surface area contributed by atoms with E-state index in [0.717, 1.165) is 5.56 Å². The van der Waals surface area contributed by atoms with Crippen molar-refractivity contribution < 1.29 is 9.47 Å². The summed E-state index contributed by atoms with van der Waals surface area (Å²) in [4.78, 5) is 4.28. The molecule has 0 bridgehead atoms. The highest BCUT2D eigenvalue weighted by atomic mass is 32.1. The summed E-state index contributed by atoms with van der Waals surface area (Å²) in [6.07, 6.45) is 3.37. The van der Waals surface area contributed by atoms with Gasteiger partial charge in [-0.25, -0.2) is 5.10 Å². The Kier molecular flexibility index (Phi) is 5.20. The lowest BCUT2D eigenvalue weighted by Gasteiger charge is -2.09. The molecule has 8 heteroatoms. The number of aromatic nitrogens is 4. The molecule has 128 valence electrons. The largest absolute Gasteiger partial charge is 0.493 e. The fourth-order valence-electron chi connectivity index (χ4n) is 2.22. The Bertz CT molecular complexity index is 934. The summed E-state index contributed by atoms with van der Waals surface area (Å²) in [5.74, 6) is 1.88. The van der Waals surface area contributed by atoms with Crippen LogP contribution in [0.25, 0.3) is 11.5 Å². The van der Waals surface area contributed by atoms with Crippen molar-refractivity contribution in [1.82, 2.24) is 19.9 Å². The summed E-state index contributed by atoms with van der Waals surface area (Å²) >= 11 is 5.25. The first-order valence-electron chi connectivity index (χ1n) is 7.67. The van der Waals surface area contributed by atoms with Gasteiger partial charge in [-0.2, -0.15) is 14.9 Å². The van der Waals surface area contributed by atoms with E-state index in [4.69, 9.17) is 21.7 Å². The molecule has 1 N–H and O–H groups in total. The number of nitrogens with one attached hydrogen (secondary N) is 1. The lowest BCUT2D eigenvalue weighted by atomic mass is 10.2. The smallest absolute Gasteiger partial charge is 0.216 e. The van der Waals surface area contributed by atoms with Crippen LogP contribution in [0.4, 0.5) is 0 Å². The minimum absolute atomic E-state index is 0.384. The van der Waals surface area contributed by atoms with E-state index in [1.807, 2.05) is 43.3 Å². The Morgan fingerprint density at radius 1 is 1.28 bits per heavy atom. The van der Waals surface area contributed by atoms with Gasteiger partial charge in [0.1, 0.15) is 5.69 Å². The van der Waals surface area contributed by atoms with Crippen molar-refractivity contribution in [2.24, 2.45) is 5.10 Å². The molecule has 0 amide bonds. The molecule has 3 rings (SSSR count). The molecule has 0 aliphatic carbocycles. The number of benzene rings is 1. The zero-order chi connectivity index (χ0) is 17.6. The molecule has 25 heavy (non-hydrogen) atoms. The first kappa shape index (κ1) is 16.8. The first-order chi connectivity index (χ1) is 12.2. The molecule has 3 aromatic rings. The van der Waals surface area contributed by atoms with Crippen molar-refractivity contribution in [3.8, 4) is 23.0 Å². The molecular weight excluding hydrogens is 338 g/mol. The van der Waals surface area contributed by atoms with Gasteiger partial charge in [0.05, 0.1) is 19.9 Å². The number of ether oxygens (including phenoxy) is 2. The normalized spacial score (nSPS) is 11.0. The molecule has 2 aromatic heterocycles. The topological polar surface area (TPSA) is 77.3 Å². The van der Waals surface area contributed by atoms with E-state index in [2.05, 4.69) is 20.3 Å². The maximum Gasteiger partial charge on any atom is 0.216 e. The van der Waals surface area contributed by atoms with Gasteiger partial charge in [0.2, 0.25) is 10.6 Å². The molecule has 0 saturated heterocycles. The predicted octanol–water partition coefficient (Wildman–Crippen LogP) is 3.29. The Morgan fingerprint density at radius 2 is 2.16 bits per heavy atom. The summed E-state index contributed by atoms with van der Waals surface area (Å²) in [5, 5.41) is 11.4. The summed E-state index contributed by atoms with van der Waals surface area (Å²) in [7, 11) is 1.60. The van der Waals surface area contributed by atoms with Gasteiger partial charge >= 0.3 is 0 Å². The van der Waals surface area contributed by atoms with Gasteiger partial charge in [-0.1, -0.05) is 6.07 Å². The monoisotopic (exact) mass is 355 g/mol. The van der Waals surface area contributed by atoms with Crippen molar-refractivity contribution in [2.45, 2.75) is 6.92 Å². The molecular formula is C17H17N5O2S. The SMILES string of the molecule is CCOc1ccc(/C=N\n2c(-c3ccccn3)n[nH]c2=S)cc1OC. The van der Waals surface area contributed by atoms with Crippen LogP contribution in [-0.4, -0.2) is 39.8 Å². The lowest BCUT2D eigenvalue weighted by Crippen LogP contribution is -1.98. The molecule has 0 atom stereocenters. The fourth-order valence-corrected chi connectivity index (χ4v) is 2.40. The number of aromatic amines is 1. The van der Waals surface area contributed by atoms with E-state index in [1.165, 1.54) is 4.68 Å². The average molecular weight is 355 g/mol. The second-order valence-corrected chi connectivity index (χ2v) is 5.35. The molecule has 0 fully saturated rings. The molecule has 0 radical (unpaired) electrons. The summed E-state index contributed by atoms with van der Waals surface area (Å²) in [6.45, 7) is 2.50. The Morgan fingerprint density at radius 3 is 2.88 bits per heavy atom. The highest BCUT2D eigenvalue weighted by Crippen LogP contribution is 2.27. The van der Waals surface area contributed by atoms with E-state index in [-0.39, 0.29) is 0 Å². The highest BCUT2D eigenvalue weighted by Gasteiger charge is 2.09. The van der Waals surface area contributed by atoms with E-state index in [1.54, 1.807) is 19.5 Å². The number of rotatable bonds is 6. The fraction of sp³-hybridized carbons (Fsp3) is 0.176. The summed E-state index contributed by atoms with van der Waals surface area (Å²) < 4.78 is 12.8. The van der Waals surface area contributed by atoms with Gasteiger partial charge in [0.25, 0.3) is 0 Å². The van der Waals surface area contributed by atoms with Gasteiger partial charge in [0, 0.05) is 6.20 Å². The zero-order valence-corrected chi connectivity index (χ0v) is 14.7. The van der Waals surface area contributed by atoms with Crippen LogP contribution in [-0.2, 0) is 0 Å². The lowest BCUT2D eigenvalue weighted by molar-refractivity contribution is 0.311. The molecule has 0 aliphatic heterocycles. The molecule has 1 aromatic carbocycles. The first-order valence-corrected chi connectivity index (χ1v) is 8.07. The molecule has 0 unspecified atom stereocenters. The van der Waals surface area contributed by atoms with Crippen molar-refractivity contribution in [2.75, 3.05) is 13.7 Å². The Balaban J connectivity index is 1.93. The van der Waals surface area contributed by atoms with Crippen molar-refractivity contribution in [1.29, 1.82) is 0 Å². The van der Waals surface area contributed by atoms with Gasteiger partial charge in [-0.05, 0) is 55.0 Å². The number of methoxy groups -OCH3 is 1. The number of nitrogens with zero attached hydrogens (tertiary/aromatic N) is 4. The van der Waals surface area contributed by atoms with Crippen LogP contribution < -0.4 is 9.47 Å². The van der Waals surface area contributed by atoms with E-state index >= 15 is 0 Å². The number of H-pyrrole nitrogens is 1. The third-order valence-electron chi connectivity index (χ3n) is 3.35. The van der Waals surface area contributed by atoms with Crippen molar-refractivity contribution in [3.05, 3.63) is 52.9 Å². The number of hydrogen-bond acceptors (Lipinski definition) is 6.